The van der Waals surface area contributed by atoms with Crippen LogP contribution >= 0.6 is 12.4 Å². The van der Waals surface area contributed by atoms with Crippen molar-refractivity contribution < 1.29 is 4.74 Å². The first-order valence-electron chi connectivity index (χ1n) is 9.12. The Kier molecular flexibility index (Phi) is 6.46. The maximum Gasteiger partial charge on any atom is 0.255 e. The molecule has 9 heteroatoms. The molecule has 8 nitrogen and oxygen atoms in total. The van der Waals surface area contributed by atoms with Gasteiger partial charge in [0.1, 0.15) is 12.1 Å². The molecule has 0 saturated carbocycles. The van der Waals surface area contributed by atoms with E-state index in [0.717, 1.165) is 18.8 Å². The summed E-state index contributed by atoms with van der Waals surface area (Å²) in [6, 6.07) is 11.4. The second-order valence-corrected chi connectivity index (χ2v) is 6.66. The number of nitrogens with one attached hydrogen (secondary N) is 1. The lowest BCUT2D eigenvalue weighted by Gasteiger charge is -2.35. The molecule has 1 unspecified atom stereocenters. The van der Waals surface area contributed by atoms with E-state index < -0.39 is 0 Å². The number of anilines is 1. The summed E-state index contributed by atoms with van der Waals surface area (Å²) in [4.78, 5) is 27.5. The molecule has 1 saturated heterocycles. The van der Waals surface area contributed by atoms with Crippen LogP contribution in [0.25, 0.3) is 11.4 Å². The first kappa shape index (κ1) is 20.8. The van der Waals surface area contributed by atoms with Crippen molar-refractivity contribution in [2.75, 3.05) is 31.6 Å². The molecule has 0 bridgehead atoms. The standard InChI is InChI=1S/C20H22N6O2.ClH/c1-25-19(27)11-17(16-7-8-21-13-23-16)24-20(25)26-10-9-22-18(12-26)14-3-5-15(28-2)6-4-14;/h3-8,11,13,18,22H,9-10,12H2,1-2H3;1H. The quantitative estimate of drug-likeness (QED) is 0.696. The zero-order valence-electron chi connectivity index (χ0n) is 16.3. The molecule has 2 aromatic heterocycles. The van der Waals surface area contributed by atoms with E-state index >= 15 is 0 Å². The largest absolute Gasteiger partial charge is 0.497 e. The van der Waals surface area contributed by atoms with Crippen molar-refractivity contribution in [2.24, 2.45) is 7.05 Å². The Balaban J connectivity index is 0.00000240. The molecule has 0 aliphatic carbocycles. The second-order valence-electron chi connectivity index (χ2n) is 6.66. The Morgan fingerprint density at radius 2 is 1.97 bits per heavy atom. The smallest absolute Gasteiger partial charge is 0.255 e. The fourth-order valence-electron chi connectivity index (χ4n) is 3.37. The second kappa shape index (κ2) is 9.02. The van der Waals surface area contributed by atoms with Gasteiger partial charge in [0.25, 0.3) is 5.56 Å². The van der Waals surface area contributed by atoms with E-state index in [0.29, 0.717) is 23.9 Å². The molecule has 0 amide bonds. The Morgan fingerprint density at radius 1 is 1.17 bits per heavy atom. The minimum atomic E-state index is -0.113. The van der Waals surface area contributed by atoms with Crippen LogP contribution in [0.1, 0.15) is 11.6 Å². The number of rotatable bonds is 4. The molecule has 0 spiro atoms. The van der Waals surface area contributed by atoms with Gasteiger partial charge < -0.3 is 15.0 Å². The van der Waals surface area contributed by atoms with Crippen molar-refractivity contribution in [1.82, 2.24) is 24.8 Å². The lowest BCUT2D eigenvalue weighted by Crippen LogP contribution is -2.47. The molecule has 1 fully saturated rings. The molecule has 4 rings (SSSR count). The van der Waals surface area contributed by atoms with Gasteiger partial charge in [-0.3, -0.25) is 9.36 Å². The topological polar surface area (TPSA) is 85.2 Å². The summed E-state index contributed by atoms with van der Waals surface area (Å²) < 4.78 is 6.83. The summed E-state index contributed by atoms with van der Waals surface area (Å²) >= 11 is 0. The first-order valence-corrected chi connectivity index (χ1v) is 9.12. The van der Waals surface area contributed by atoms with Gasteiger partial charge in [0.05, 0.1) is 18.5 Å². The van der Waals surface area contributed by atoms with Crippen LogP contribution in [0.2, 0.25) is 0 Å². The highest BCUT2D eigenvalue weighted by Crippen LogP contribution is 2.23. The molecular formula is C20H23ClN6O2. The van der Waals surface area contributed by atoms with Crippen LogP contribution in [0.4, 0.5) is 5.95 Å². The van der Waals surface area contributed by atoms with Crippen LogP contribution in [-0.4, -0.2) is 46.3 Å². The molecule has 1 aromatic carbocycles. The maximum atomic E-state index is 12.5. The molecule has 1 aliphatic heterocycles. The lowest BCUT2D eigenvalue weighted by atomic mass is 10.0. The van der Waals surface area contributed by atoms with Crippen LogP contribution in [0.15, 0.2) is 53.7 Å². The predicted octanol–water partition coefficient (Wildman–Crippen LogP) is 1.82. The minimum absolute atomic E-state index is 0. The van der Waals surface area contributed by atoms with Gasteiger partial charge in [0, 0.05) is 45.0 Å². The van der Waals surface area contributed by atoms with Gasteiger partial charge in [-0.15, -0.1) is 12.4 Å². The van der Waals surface area contributed by atoms with E-state index in [2.05, 4.69) is 32.3 Å². The van der Waals surface area contributed by atoms with Crippen LogP contribution in [0, 0.1) is 0 Å². The zero-order chi connectivity index (χ0) is 19.5. The van der Waals surface area contributed by atoms with Gasteiger partial charge in [-0.1, -0.05) is 12.1 Å². The predicted molar refractivity (Wildman–Crippen MR) is 114 cm³/mol. The van der Waals surface area contributed by atoms with Crippen molar-refractivity contribution in [2.45, 2.75) is 6.04 Å². The number of ether oxygens (including phenoxy) is 1. The Morgan fingerprint density at radius 3 is 2.66 bits per heavy atom. The fraction of sp³-hybridized carbons (Fsp3) is 0.300. The zero-order valence-corrected chi connectivity index (χ0v) is 17.1. The van der Waals surface area contributed by atoms with Gasteiger partial charge in [-0.25, -0.2) is 15.0 Å². The van der Waals surface area contributed by atoms with Gasteiger partial charge >= 0.3 is 0 Å². The van der Waals surface area contributed by atoms with E-state index in [-0.39, 0.29) is 24.0 Å². The van der Waals surface area contributed by atoms with Crippen molar-refractivity contribution in [3.63, 3.8) is 0 Å². The highest BCUT2D eigenvalue weighted by Gasteiger charge is 2.24. The summed E-state index contributed by atoms with van der Waals surface area (Å²) in [6.45, 7) is 2.27. The molecule has 3 heterocycles. The van der Waals surface area contributed by atoms with Crippen molar-refractivity contribution in [3.8, 4) is 17.1 Å². The molecule has 29 heavy (non-hydrogen) atoms. The summed E-state index contributed by atoms with van der Waals surface area (Å²) in [6.07, 6.45) is 3.10. The molecular weight excluding hydrogens is 392 g/mol. The fourth-order valence-corrected chi connectivity index (χ4v) is 3.37. The molecule has 3 aromatic rings. The third kappa shape index (κ3) is 4.38. The Bertz CT molecular complexity index is 1010. The van der Waals surface area contributed by atoms with Gasteiger partial charge in [-0.05, 0) is 23.8 Å². The highest BCUT2D eigenvalue weighted by molar-refractivity contribution is 5.85. The first-order chi connectivity index (χ1) is 13.7. The van der Waals surface area contributed by atoms with E-state index in [9.17, 15) is 4.79 Å². The molecule has 1 aliphatic rings. The van der Waals surface area contributed by atoms with Crippen molar-refractivity contribution in [3.05, 3.63) is 64.8 Å². The molecule has 1 atom stereocenters. The van der Waals surface area contributed by atoms with Crippen LogP contribution in [-0.2, 0) is 7.05 Å². The highest BCUT2D eigenvalue weighted by atomic mass is 35.5. The van der Waals surface area contributed by atoms with E-state index in [1.54, 1.807) is 31.0 Å². The number of aromatic nitrogens is 4. The number of hydrogen-bond donors (Lipinski definition) is 1. The number of hydrogen-bond acceptors (Lipinski definition) is 7. The van der Waals surface area contributed by atoms with E-state index in [4.69, 9.17) is 9.72 Å². The normalized spacial score (nSPS) is 16.2. The average Bonchev–Trinajstić information content (AvgIpc) is 2.76. The summed E-state index contributed by atoms with van der Waals surface area (Å²) in [5.41, 5.74) is 2.25. The van der Waals surface area contributed by atoms with Crippen LogP contribution in [0.3, 0.4) is 0 Å². The Labute approximate surface area is 175 Å². The molecule has 0 radical (unpaired) electrons. The van der Waals surface area contributed by atoms with Gasteiger partial charge in [0.2, 0.25) is 5.95 Å². The van der Waals surface area contributed by atoms with E-state index in [1.807, 2.05) is 12.1 Å². The molecule has 1 N–H and O–H groups in total. The van der Waals surface area contributed by atoms with Gasteiger partial charge in [0.15, 0.2) is 0 Å². The van der Waals surface area contributed by atoms with Gasteiger partial charge in [-0.2, -0.15) is 0 Å². The number of nitrogens with zero attached hydrogens (tertiary/aromatic N) is 5. The lowest BCUT2D eigenvalue weighted by molar-refractivity contribution is 0.413. The van der Waals surface area contributed by atoms with Crippen molar-refractivity contribution in [1.29, 1.82) is 0 Å². The van der Waals surface area contributed by atoms with Crippen LogP contribution in [0.5, 0.6) is 5.75 Å². The van der Waals surface area contributed by atoms with Crippen LogP contribution < -0.4 is 20.5 Å². The number of benzene rings is 1. The summed E-state index contributed by atoms with van der Waals surface area (Å²) in [5.74, 6) is 1.47. The van der Waals surface area contributed by atoms with Crippen molar-refractivity contribution >= 4 is 18.4 Å². The maximum absolute atomic E-state index is 12.5. The van der Waals surface area contributed by atoms with E-state index in [1.165, 1.54) is 18.0 Å². The third-order valence-electron chi connectivity index (χ3n) is 4.93. The minimum Gasteiger partial charge on any atom is -0.497 e. The summed E-state index contributed by atoms with van der Waals surface area (Å²) in [5, 5.41) is 3.53. The number of piperazine rings is 1. The monoisotopic (exact) mass is 414 g/mol. The third-order valence-corrected chi connectivity index (χ3v) is 4.93. The summed E-state index contributed by atoms with van der Waals surface area (Å²) in [7, 11) is 3.41. The number of methoxy groups -OCH3 is 1. The SMILES string of the molecule is COc1ccc(C2CN(c3nc(-c4ccncn4)cc(=O)n3C)CCN2)cc1.Cl. The molecule has 152 valence electrons. The number of halogens is 1. The Hall–Kier alpha value is -2.97. The average molecular weight is 415 g/mol.